The quantitative estimate of drug-likeness (QED) is 0.277. The minimum absolute atomic E-state index is 0.0905. The molecule has 0 aromatic carbocycles. The Kier molecular flexibility index (Phi) is 13.5. The van der Waals surface area contributed by atoms with Crippen molar-refractivity contribution < 1.29 is 19.1 Å². The van der Waals surface area contributed by atoms with Crippen LogP contribution in [0.15, 0.2) is 12.2 Å². The lowest BCUT2D eigenvalue weighted by Gasteiger charge is -2.16. The second-order valence-electron chi connectivity index (χ2n) is 6.27. The Morgan fingerprint density at radius 2 is 1.52 bits per heavy atom. The van der Waals surface area contributed by atoms with Crippen LogP contribution in [0.5, 0.6) is 0 Å². The molecule has 0 aromatic heterocycles. The molecule has 0 amide bonds. The molecule has 0 rings (SSSR count). The zero-order valence-electron chi connectivity index (χ0n) is 15.3. The summed E-state index contributed by atoms with van der Waals surface area (Å²) in [7, 11) is 0. The molecule has 0 heterocycles. The SMILES string of the molecule is CCCCC/C=C/CCCOC(=O)CCC(=O)OC(C)C(C)C. The van der Waals surface area contributed by atoms with Crippen molar-refractivity contribution in [1.82, 2.24) is 0 Å². The lowest BCUT2D eigenvalue weighted by Crippen LogP contribution is -2.20. The highest BCUT2D eigenvalue weighted by Gasteiger charge is 2.14. The number of ether oxygens (including phenoxy) is 2. The summed E-state index contributed by atoms with van der Waals surface area (Å²) in [5, 5.41) is 0. The van der Waals surface area contributed by atoms with E-state index in [-0.39, 0.29) is 36.8 Å². The van der Waals surface area contributed by atoms with E-state index in [1.54, 1.807) is 0 Å². The van der Waals surface area contributed by atoms with Gasteiger partial charge in [-0.1, -0.05) is 45.8 Å². The third-order valence-electron chi connectivity index (χ3n) is 3.71. The highest BCUT2D eigenvalue weighted by atomic mass is 16.5. The molecule has 0 aliphatic heterocycles. The van der Waals surface area contributed by atoms with E-state index in [4.69, 9.17) is 9.47 Å². The van der Waals surface area contributed by atoms with Crippen LogP contribution in [0.3, 0.4) is 0 Å². The summed E-state index contributed by atoms with van der Waals surface area (Å²) in [5.41, 5.74) is 0. The van der Waals surface area contributed by atoms with E-state index in [1.165, 1.54) is 19.3 Å². The highest BCUT2D eigenvalue weighted by Crippen LogP contribution is 2.08. The Morgan fingerprint density at radius 1 is 0.913 bits per heavy atom. The van der Waals surface area contributed by atoms with E-state index in [0.717, 1.165) is 19.3 Å². The van der Waals surface area contributed by atoms with Gasteiger partial charge in [0.1, 0.15) is 6.10 Å². The average Bonchev–Trinajstić information content (AvgIpc) is 2.51. The number of unbranched alkanes of at least 4 members (excludes halogenated alkanes) is 4. The molecule has 23 heavy (non-hydrogen) atoms. The van der Waals surface area contributed by atoms with Crippen LogP contribution in [0.1, 0.15) is 79.1 Å². The predicted octanol–water partition coefficient (Wildman–Crippen LogP) is 4.81. The molecule has 0 aliphatic rings. The van der Waals surface area contributed by atoms with Crippen LogP contribution in [-0.4, -0.2) is 24.6 Å². The zero-order valence-corrected chi connectivity index (χ0v) is 15.3. The number of carbonyl (C=O) groups is 2. The molecular formula is C19H34O4. The highest BCUT2D eigenvalue weighted by molar-refractivity contribution is 5.77. The Labute approximate surface area is 141 Å². The van der Waals surface area contributed by atoms with Gasteiger partial charge < -0.3 is 9.47 Å². The Balaban J connectivity index is 3.55. The fraction of sp³-hybridized carbons (Fsp3) is 0.789. The van der Waals surface area contributed by atoms with Crippen molar-refractivity contribution in [2.24, 2.45) is 5.92 Å². The van der Waals surface area contributed by atoms with Gasteiger partial charge in [-0.2, -0.15) is 0 Å². The van der Waals surface area contributed by atoms with Gasteiger partial charge in [0.15, 0.2) is 0 Å². The summed E-state index contributed by atoms with van der Waals surface area (Å²) >= 11 is 0. The number of rotatable bonds is 13. The van der Waals surface area contributed by atoms with Crippen LogP contribution in [-0.2, 0) is 19.1 Å². The number of hydrogen-bond donors (Lipinski definition) is 0. The van der Waals surface area contributed by atoms with Crippen LogP contribution in [0.25, 0.3) is 0 Å². The van der Waals surface area contributed by atoms with Crippen LogP contribution in [0, 0.1) is 5.92 Å². The van der Waals surface area contributed by atoms with Gasteiger partial charge >= 0.3 is 11.9 Å². The fourth-order valence-electron chi connectivity index (χ4n) is 1.81. The summed E-state index contributed by atoms with van der Waals surface area (Å²) < 4.78 is 10.3. The summed E-state index contributed by atoms with van der Waals surface area (Å²) in [5.74, 6) is -0.384. The number of hydrogen-bond acceptors (Lipinski definition) is 4. The maximum atomic E-state index is 11.5. The van der Waals surface area contributed by atoms with E-state index in [2.05, 4.69) is 19.1 Å². The largest absolute Gasteiger partial charge is 0.466 e. The van der Waals surface area contributed by atoms with Gasteiger partial charge in [-0.25, -0.2) is 0 Å². The van der Waals surface area contributed by atoms with E-state index in [1.807, 2.05) is 20.8 Å². The molecule has 0 aliphatic carbocycles. The van der Waals surface area contributed by atoms with Crippen molar-refractivity contribution in [2.75, 3.05) is 6.61 Å². The van der Waals surface area contributed by atoms with Gasteiger partial charge in [0.25, 0.3) is 0 Å². The number of allylic oxidation sites excluding steroid dienone is 2. The molecule has 4 heteroatoms. The molecule has 1 unspecified atom stereocenters. The monoisotopic (exact) mass is 326 g/mol. The molecule has 0 saturated heterocycles. The Bertz CT molecular complexity index is 347. The molecule has 0 N–H and O–H groups in total. The maximum absolute atomic E-state index is 11.5. The molecule has 134 valence electrons. The smallest absolute Gasteiger partial charge is 0.306 e. The molecule has 0 saturated carbocycles. The van der Waals surface area contributed by atoms with Crippen molar-refractivity contribution >= 4 is 11.9 Å². The lowest BCUT2D eigenvalue weighted by atomic mass is 10.1. The van der Waals surface area contributed by atoms with E-state index >= 15 is 0 Å². The van der Waals surface area contributed by atoms with Crippen molar-refractivity contribution in [3.05, 3.63) is 12.2 Å². The fourth-order valence-corrected chi connectivity index (χ4v) is 1.81. The average molecular weight is 326 g/mol. The summed E-state index contributed by atoms with van der Waals surface area (Å²) in [4.78, 5) is 23.1. The van der Waals surface area contributed by atoms with Crippen molar-refractivity contribution in [3.8, 4) is 0 Å². The second kappa shape index (κ2) is 14.3. The second-order valence-corrected chi connectivity index (χ2v) is 6.27. The molecule has 1 atom stereocenters. The van der Waals surface area contributed by atoms with Gasteiger partial charge in [0.2, 0.25) is 0 Å². The van der Waals surface area contributed by atoms with E-state index < -0.39 is 0 Å². The first-order chi connectivity index (χ1) is 11.0. The predicted molar refractivity (Wildman–Crippen MR) is 93.1 cm³/mol. The maximum Gasteiger partial charge on any atom is 0.306 e. The molecule has 4 nitrogen and oxygen atoms in total. The van der Waals surface area contributed by atoms with Gasteiger partial charge in [0.05, 0.1) is 19.4 Å². The van der Waals surface area contributed by atoms with Crippen molar-refractivity contribution in [2.45, 2.75) is 85.2 Å². The first kappa shape index (κ1) is 21.7. The van der Waals surface area contributed by atoms with E-state index in [0.29, 0.717) is 6.61 Å². The molecule has 0 spiro atoms. The minimum Gasteiger partial charge on any atom is -0.466 e. The van der Waals surface area contributed by atoms with Gasteiger partial charge in [-0.05, 0) is 38.5 Å². The Hall–Kier alpha value is -1.32. The normalized spacial score (nSPS) is 12.6. The first-order valence-electron chi connectivity index (χ1n) is 8.97. The van der Waals surface area contributed by atoms with Crippen LogP contribution in [0.4, 0.5) is 0 Å². The lowest BCUT2D eigenvalue weighted by molar-refractivity contribution is -0.154. The van der Waals surface area contributed by atoms with Crippen LogP contribution >= 0.6 is 0 Å². The molecule has 0 fully saturated rings. The van der Waals surface area contributed by atoms with Crippen molar-refractivity contribution in [3.63, 3.8) is 0 Å². The summed E-state index contributed by atoms with van der Waals surface area (Å²) in [6, 6.07) is 0. The zero-order chi connectivity index (χ0) is 17.5. The molecular weight excluding hydrogens is 292 g/mol. The van der Waals surface area contributed by atoms with Gasteiger partial charge in [0, 0.05) is 0 Å². The third-order valence-corrected chi connectivity index (χ3v) is 3.71. The van der Waals surface area contributed by atoms with Crippen LogP contribution < -0.4 is 0 Å². The molecule has 0 radical (unpaired) electrons. The van der Waals surface area contributed by atoms with Crippen molar-refractivity contribution in [1.29, 1.82) is 0 Å². The first-order valence-corrected chi connectivity index (χ1v) is 8.97. The molecule has 0 bridgehead atoms. The summed E-state index contributed by atoms with van der Waals surface area (Å²) in [6.45, 7) is 8.45. The molecule has 0 aromatic rings. The number of esters is 2. The standard InChI is InChI=1S/C19H34O4/c1-5-6-7-8-9-10-11-12-15-22-18(20)13-14-19(21)23-17(4)16(2)3/h9-10,16-17H,5-8,11-15H2,1-4H3/b10-9+. The number of carbonyl (C=O) groups excluding carboxylic acids is 2. The summed E-state index contributed by atoms with van der Waals surface area (Å²) in [6.07, 6.45) is 11.0. The van der Waals surface area contributed by atoms with Gasteiger partial charge in [-0.3, -0.25) is 9.59 Å². The van der Waals surface area contributed by atoms with Gasteiger partial charge in [-0.15, -0.1) is 0 Å². The van der Waals surface area contributed by atoms with E-state index in [9.17, 15) is 9.59 Å². The third kappa shape index (κ3) is 14.0. The minimum atomic E-state index is -0.335. The van der Waals surface area contributed by atoms with Crippen LogP contribution in [0.2, 0.25) is 0 Å². The Morgan fingerprint density at radius 3 is 2.13 bits per heavy atom. The topological polar surface area (TPSA) is 52.6 Å².